The number of carbonyl (C=O) groups excluding carboxylic acids is 3. The van der Waals surface area contributed by atoms with Gasteiger partial charge in [0.05, 0.1) is 0 Å². The Morgan fingerprint density at radius 3 is 2.00 bits per heavy atom. The zero-order chi connectivity index (χ0) is 12.9. The number of Topliss-reactive ketones (excluding diaryl/α,β-unsaturated/α-hetero) is 1. The SMILES string of the molecule is CC(=O)C(C)OC(=O)/C=C/C(=O)C(C)(C)C. The molecule has 0 spiro atoms. The topological polar surface area (TPSA) is 60.4 Å². The van der Waals surface area contributed by atoms with Crippen LogP contribution in [0.5, 0.6) is 0 Å². The fraction of sp³-hybridized carbons (Fsp3) is 0.583. The molecule has 0 fully saturated rings. The number of hydrogen-bond acceptors (Lipinski definition) is 4. The largest absolute Gasteiger partial charge is 0.452 e. The van der Waals surface area contributed by atoms with Gasteiger partial charge < -0.3 is 4.74 Å². The first-order valence-electron chi connectivity index (χ1n) is 5.08. The molecule has 0 aromatic carbocycles. The standard InChI is InChI=1S/C12H18O4/c1-8(13)9(2)16-11(15)7-6-10(14)12(3,4)5/h6-7,9H,1-5H3/b7-6+. The summed E-state index contributed by atoms with van der Waals surface area (Å²) in [7, 11) is 0. The molecule has 1 unspecified atom stereocenters. The maximum atomic E-state index is 11.4. The van der Waals surface area contributed by atoms with Crippen molar-refractivity contribution in [3.05, 3.63) is 12.2 Å². The maximum absolute atomic E-state index is 11.4. The Morgan fingerprint density at radius 2 is 1.62 bits per heavy atom. The third-order valence-corrected chi connectivity index (χ3v) is 1.98. The van der Waals surface area contributed by atoms with Crippen LogP contribution in [0, 0.1) is 5.41 Å². The molecular formula is C12H18O4. The minimum Gasteiger partial charge on any atom is -0.452 e. The molecule has 0 aliphatic rings. The fourth-order valence-corrected chi connectivity index (χ4v) is 0.690. The predicted molar refractivity (Wildman–Crippen MR) is 59.8 cm³/mol. The first kappa shape index (κ1) is 14.6. The van der Waals surface area contributed by atoms with Crippen LogP contribution in [0.1, 0.15) is 34.6 Å². The average molecular weight is 226 g/mol. The molecule has 0 rings (SSSR count). The molecule has 0 radical (unpaired) electrons. The van der Waals surface area contributed by atoms with E-state index in [1.807, 2.05) is 0 Å². The third kappa shape index (κ3) is 5.44. The van der Waals surface area contributed by atoms with Gasteiger partial charge in [0.25, 0.3) is 0 Å². The van der Waals surface area contributed by atoms with Crippen molar-refractivity contribution < 1.29 is 19.1 Å². The summed E-state index contributed by atoms with van der Waals surface area (Å²) in [4.78, 5) is 33.4. The molecule has 0 aromatic heterocycles. The van der Waals surface area contributed by atoms with E-state index in [0.29, 0.717) is 0 Å². The van der Waals surface area contributed by atoms with Crippen LogP contribution in [0.15, 0.2) is 12.2 Å². The molecule has 0 amide bonds. The van der Waals surface area contributed by atoms with Gasteiger partial charge in [0.1, 0.15) is 0 Å². The monoisotopic (exact) mass is 226 g/mol. The van der Waals surface area contributed by atoms with Crippen LogP contribution < -0.4 is 0 Å². The van der Waals surface area contributed by atoms with E-state index in [2.05, 4.69) is 0 Å². The summed E-state index contributed by atoms with van der Waals surface area (Å²) < 4.78 is 4.75. The van der Waals surface area contributed by atoms with Crippen molar-refractivity contribution in [3.63, 3.8) is 0 Å². The highest BCUT2D eigenvalue weighted by Crippen LogP contribution is 2.14. The van der Waals surface area contributed by atoms with Gasteiger partial charge in [0.15, 0.2) is 17.7 Å². The number of ether oxygens (including phenoxy) is 1. The second-order valence-corrected chi connectivity index (χ2v) is 4.64. The summed E-state index contributed by atoms with van der Waals surface area (Å²) >= 11 is 0. The Morgan fingerprint density at radius 1 is 1.12 bits per heavy atom. The van der Waals surface area contributed by atoms with E-state index in [4.69, 9.17) is 4.74 Å². The summed E-state index contributed by atoms with van der Waals surface area (Å²) in [5.41, 5.74) is -0.525. The second kappa shape index (κ2) is 5.58. The van der Waals surface area contributed by atoms with Gasteiger partial charge in [0.2, 0.25) is 0 Å². The molecule has 0 saturated heterocycles. The van der Waals surface area contributed by atoms with Gasteiger partial charge in [-0.25, -0.2) is 4.79 Å². The Kier molecular flexibility index (Phi) is 5.08. The van der Waals surface area contributed by atoms with Gasteiger partial charge in [-0.3, -0.25) is 9.59 Å². The summed E-state index contributed by atoms with van der Waals surface area (Å²) in [5, 5.41) is 0. The van der Waals surface area contributed by atoms with Crippen LogP contribution in [0.3, 0.4) is 0 Å². The van der Waals surface area contributed by atoms with Gasteiger partial charge in [-0.1, -0.05) is 20.8 Å². The molecule has 4 heteroatoms. The number of hydrogen-bond donors (Lipinski definition) is 0. The fourth-order valence-electron chi connectivity index (χ4n) is 0.690. The zero-order valence-electron chi connectivity index (χ0n) is 10.4. The minimum absolute atomic E-state index is 0.167. The van der Waals surface area contributed by atoms with Gasteiger partial charge in [-0.05, 0) is 19.9 Å². The first-order valence-corrected chi connectivity index (χ1v) is 5.08. The van der Waals surface area contributed by atoms with Crippen molar-refractivity contribution >= 4 is 17.5 Å². The lowest BCUT2D eigenvalue weighted by Crippen LogP contribution is -2.21. The van der Waals surface area contributed by atoms with Crippen LogP contribution in [-0.2, 0) is 19.1 Å². The highest BCUT2D eigenvalue weighted by Gasteiger charge is 2.19. The summed E-state index contributed by atoms with van der Waals surface area (Å²) in [6, 6.07) is 0. The summed E-state index contributed by atoms with van der Waals surface area (Å²) in [5.74, 6) is -1.08. The van der Waals surface area contributed by atoms with Crippen LogP contribution in [-0.4, -0.2) is 23.6 Å². The number of allylic oxidation sites excluding steroid dienone is 1. The van der Waals surface area contributed by atoms with Crippen LogP contribution in [0.25, 0.3) is 0 Å². The van der Waals surface area contributed by atoms with Crippen molar-refractivity contribution in [2.24, 2.45) is 5.41 Å². The van der Waals surface area contributed by atoms with Crippen molar-refractivity contribution in [2.45, 2.75) is 40.7 Å². The lowest BCUT2D eigenvalue weighted by molar-refractivity contribution is -0.148. The van der Waals surface area contributed by atoms with Crippen molar-refractivity contribution in [3.8, 4) is 0 Å². The molecule has 0 aliphatic carbocycles. The Hall–Kier alpha value is -1.45. The predicted octanol–water partition coefficient (Wildman–Crippen LogP) is 1.68. The molecule has 0 bridgehead atoms. The molecule has 0 saturated carbocycles. The Bertz CT molecular complexity index is 320. The lowest BCUT2D eigenvalue weighted by Gasteiger charge is -2.13. The van der Waals surface area contributed by atoms with Crippen LogP contribution in [0.2, 0.25) is 0 Å². The number of carbonyl (C=O) groups is 3. The minimum atomic E-state index is -0.776. The van der Waals surface area contributed by atoms with Crippen LogP contribution >= 0.6 is 0 Å². The third-order valence-electron chi connectivity index (χ3n) is 1.98. The zero-order valence-corrected chi connectivity index (χ0v) is 10.4. The quantitative estimate of drug-likeness (QED) is 0.540. The van der Waals surface area contributed by atoms with Gasteiger partial charge in [-0.2, -0.15) is 0 Å². The van der Waals surface area contributed by atoms with Crippen molar-refractivity contribution in [1.29, 1.82) is 0 Å². The molecule has 0 N–H and O–H groups in total. The Balaban J connectivity index is 4.31. The van der Waals surface area contributed by atoms with Gasteiger partial charge >= 0.3 is 5.97 Å². The van der Waals surface area contributed by atoms with E-state index >= 15 is 0 Å². The number of rotatable bonds is 4. The lowest BCUT2D eigenvalue weighted by atomic mass is 9.91. The molecule has 0 aromatic rings. The maximum Gasteiger partial charge on any atom is 0.331 e. The molecular weight excluding hydrogens is 208 g/mol. The van der Waals surface area contributed by atoms with E-state index in [0.717, 1.165) is 6.08 Å². The molecule has 0 aliphatic heterocycles. The highest BCUT2D eigenvalue weighted by molar-refractivity contribution is 5.99. The second-order valence-electron chi connectivity index (χ2n) is 4.64. The van der Waals surface area contributed by atoms with Crippen molar-refractivity contribution in [1.82, 2.24) is 0 Å². The highest BCUT2D eigenvalue weighted by atomic mass is 16.5. The number of ketones is 2. The average Bonchev–Trinajstić information content (AvgIpc) is 2.12. The molecule has 1 atom stereocenters. The first-order chi connectivity index (χ1) is 7.14. The van der Waals surface area contributed by atoms with E-state index in [9.17, 15) is 14.4 Å². The Labute approximate surface area is 95.7 Å². The molecule has 4 nitrogen and oxygen atoms in total. The van der Waals surface area contributed by atoms with Gasteiger partial charge in [-0.15, -0.1) is 0 Å². The summed E-state index contributed by atoms with van der Waals surface area (Å²) in [6.45, 7) is 8.08. The number of esters is 1. The normalized spacial score (nSPS) is 13.6. The van der Waals surface area contributed by atoms with Crippen molar-refractivity contribution in [2.75, 3.05) is 0 Å². The molecule has 0 heterocycles. The molecule has 16 heavy (non-hydrogen) atoms. The molecule has 90 valence electrons. The van der Waals surface area contributed by atoms with E-state index < -0.39 is 17.5 Å². The van der Waals surface area contributed by atoms with Crippen LogP contribution in [0.4, 0.5) is 0 Å². The van der Waals surface area contributed by atoms with E-state index in [1.54, 1.807) is 20.8 Å². The smallest absolute Gasteiger partial charge is 0.331 e. The summed E-state index contributed by atoms with van der Waals surface area (Å²) in [6.07, 6.45) is 1.45. The van der Waals surface area contributed by atoms with Gasteiger partial charge in [0, 0.05) is 11.5 Å². The van der Waals surface area contributed by atoms with E-state index in [1.165, 1.54) is 19.9 Å². The van der Waals surface area contributed by atoms with E-state index in [-0.39, 0.29) is 11.6 Å².